The Morgan fingerprint density at radius 3 is 1.95 bits per heavy atom. The van der Waals surface area contributed by atoms with Crippen molar-refractivity contribution >= 4 is 5.82 Å². The third-order valence-corrected chi connectivity index (χ3v) is 2.92. The van der Waals surface area contributed by atoms with Crippen molar-refractivity contribution < 1.29 is 0 Å². The van der Waals surface area contributed by atoms with Crippen LogP contribution in [0.25, 0.3) is 22.5 Å². The van der Waals surface area contributed by atoms with Crippen LogP contribution in [0.15, 0.2) is 66.9 Å². The van der Waals surface area contributed by atoms with Crippen molar-refractivity contribution in [3.05, 3.63) is 66.9 Å². The van der Waals surface area contributed by atoms with Crippen LogP contribution in [-0.2, 0) is 0 Å². The van der Waals surface area contributed by atoms with Crippen molar-refractivity contribution in [1.82, 2.24) is 9.97 Å². The molecule has 0 amide bonds. The molecule has 0 unspecified atom stereocenters. The minimum Gasteiger partial charge on any atom is -0.382 e. The summed E-state index contributed by atoms with van der Waals surface area (Å²) in [5.41, 5.74) is 9.49. The summed E-state index contributed by atoms with van der Waals surface area (Å²) in [4.78, 5) is 8.87. The number of aromatic nitrogens is 2. The maximum absolute atomic E-state index is 5.93. The van der Waals surface area contributed by atoms with E-state index >= 15 is 0 Å². The molecule has 0 radical (unpaired) electrons. The molecule has 1 heterocycles. The highest BCUT2D eigenvalue weighted by Crippen LogP contribution is 2.25. The maximum atomic E-state index is 5.93. The fourth-order valence-corrected chi connectivity index (χ4v) is 1.95. The zero-order chi connectivity index (χ0) is 13.1. The van der Waals surface area contributed by atoms with Gasteiger partial charge in [-0.2, -0.15) is 0 Å². The Labute approximate surface area is 111 Å². The van der Waals surface area contributed by atoms with E-state index in [0.717, 1.165) is 22.5 Å². The Kier molecular flexibility index (Phi) is 2.94. The van der Waals surface area contributed by atoms with E-state index in [-0.39, 0.29) is 0 Å². The zero-order valence-corrected chi connectivity index (χ0v) is 10.3. The summed E-state index contributed by atoms with van der Waals surface area (Å²) >= 11 is 0. The van der Waals surface area contributed by atoms with Gasteiger partial charge in [-0.15, -0.1) is 0 Å². The van der Waals surface area contributed by atoms with Gasteiger partial charge in [0.25, 0.3) is 0 Å². The van der Waals surface area contributed by atoms with Crippen LogP contribution in [0, 0.1) is 0 Å². The molecule has 0 aliphatic heterocycles. The number of nitrogen functional groups attached to an aromatic ring is 1. The first-order valence-corrected chi connectivity index (χ1v) is 6.08. The predicted molar refractivity (Wildman–Crippen MR) is 77.3 cm³/mol. The zero-order valence-electron chi connectivity index (χ0n) is 10.3. The van der Waals surface area contributed by atoms with Crippen LogP contribution in [-0.4, -0.2) is 9.97 Å². The molecule has 0 atom stereocenters. The van der Waals surface area contributed by atoms with E-state index in [4.69, 9.17) is 5.73 Å². The van der Waals surface area contributed by atoms with E-state index in [1.807, 2.05) is 60.7 Å². The van der Waals surface area contributed by atoms with Crippen molar-refractivity contribution in [2.24, 2.45) is 0 Å². The molecular weight excluding hydrogens is 234 g/mol. The Bertz CT molecular complexity index is 679. The molecule has 0 aliphatic carbocycles. The smallest absolute Gasteiger partial charge is 0.150 e. The van der Waals surface area contributed by atoms with Crippen LogP contribution in [0.4, 0.5) is 5.82 Å². The highest BCUT2D eigenvalue weighted by Gasteiger charge is 2.08. The van der Waals surface area contributed by atoms with Gasteiger partial charge in [-0.05, 0) is 0 Å². The fourth-order valence-electron chi connectivity index (χ4n) is 1.95. The second-order valence-electron chi connectivity index (χ2n) is 4.22. The Hall–Kier alpha value is -2.68. The molecule has 2 aromatic carbocycles. The molecule has 0 saturated carbocycles. The fraction of sp³-hybridized carbons (Fsp3) is 0. The van der Waals surface area contributed by atoms with Gasteiger partial charge in [0.2, 0.25) is 0 Å². The number of nitrogens with zero attached hydrogens (tertiary/aromatic N) is 2. The van der Waals surface area contributed by atoms with E-state index in [9.17, 15) is 0 Å². The van der Waals surface area contributed by atoms with Crippen molar-refractivity contribution in [2.45, 2.75) is 0 Å². The first-order valence-electron chi connectivity index (χ1n) is 6.08. The predicted octanol–water partition coefficient (Wildman–Crippen LogP) is 3.39. The van der Waals surface area contributed by atoms with Crippen molar-refractivity contribution in [2.75, 3.05) is 5.73 Å². The third-order valence-electron chi connectivity index (χ3n) is 2.92. The first-order chi connectivity index (χ1) is 9.34. The standard InChI is InChI=1S/C16H13N3/c17-16-15(13-9-5-2-6-10-13)19-14(11-18-16)12-7-3-1-4-8-12/h1-11H,(H2,17,18). The van der Waals surface area contributed by atoms with Gasteiger partial charge in [-0.25, -0.2) is 9.97 Å². The largest absolute Gasteiger partial charge is 0.382 e. The highest BCUT2D eigenvalue weighted by atomic mass is 14.9. The van der Waals surface area contributed by atoms with E-state index in [1.165, 1.54) is 0 Å². The van der Waals surface area contributed by atoms with Crippen molar-refractivity contribution in [3.63, 3.8) is 0 Å². The van der Waals surface area contributed by atoms with E-state index in [2.05, 4.69) is 9.97 Å². The normalized spacial score (nSPS) is 10.3. The number of anilines is 1. The third kappa shape index (κ3) is 2.31. The second-order valence-corrected chi connectivity index (χ2v) is 4.22. The second kappa shape index (κ2) is 4.90. The molecule has 0 saturated heterocycles. The quantitative estimate of drug-likeness (QED) is 0.755. The molecule has 3 aromatic rings. The molecule has 0 spiro atoms. The lowest BCUT2D eigenvalue weighted by atomic mass is 10.1. The number of nitrogens with two attached hydrogens (primary N) is 1. The van der Waals surface area contributed by atoms with Crippen LogP contribution in [0.2, 0.25) is 0 Å². The van der Waals surface area contributed by atoms with Gasteiger partial charge in [-0.1, -0.05) is 60.7 Å². The lowest BCUT2D eigenvalue weighted by molar-refractivity contribution is 1.22. The van der Waals surface area contributed by atoms with Crippen LogP contribution < -0.4 is 5.73 Å². The molecule has 3 nitrogen and oxygen atoms in total. The summed E-state index contributed by atoms with van der Waals surface area (Å²) in [6.07, 6.45) is 1.71. The SMILES string of the molecule is Nc1ncc(-c2ccccc2)nc1-c1ccccc1. The van der Waals surface area contributed by atoms with Crippen LogP contribution >= 0.6 is 0 Å². The Morgan fingerprint density at radius 1 is 0.737 bits per heavy atom. The van der Waals surface area contributed by atoms with Crippen LogP contribution in [0.3, 0.4) is 0 Å². The summed E-state index contributed by atoms with van der Waals surface area (Å²) in [5, 5.41) is 0. The summed E-state index contributed by atoms with van der Waals surface area (Å²) in [7, 11) is 0. The number of hydrogen-bond donors (Lipinski definition) is 1. The molecule has 0 fully saturated rings. The van der Waals surface area contributed by atoms with Crippen molar-refractivity contribution in [1.29, 1.82) is 0 Å². The average molecular weight is 247 g/mol. The molecule has 2 N–H and O–H groups in total. The van der Waals surface area contributed by atoms with E-state index in [1.54, 1.807) is 6.20 Å². The molecule has 0 aliphatic rings. The van der Waals surface area contributed by atoms with Crippen LogP contribution in [0.5, 0.6) is 0 Å². The van der Waals surface area contributed by atoms with Gasteiger partial charge >= 0.3 is 0 Å². The number of benzene rings is 2. The van der Waals surface area contributed by atoms with Gasteiger partial charge in [0, 0.05) is 11.1 Å². The highest BCUT2D eigenvalue weighted by molar-refractivity contribution is 5.72. The van der Waals surface area contributed by atoms with Crippen LogP contribution in [0.1, 0.15) is 0 Å². The average Bonchev–Trinajstić information content (AvgIpc) is 2.49. The molecule has 1 aromatic heterocycles. The minimum atomic E-state index is 0.450. The molecule has 92 valence electrons. The van der Waals surface area contributed by atoms with Gasteiger partial charge in [-0.3, -0.25) is 0 Å². The number of hydrogen-bond acceptors (Lipinski definition) is 3. The topological polar surface area (TPSA) is 51.8 Å². The molecule has 19 heavy (non-hydrogen) atoms. The lowest BCUT2D eigenvalue weighted by Gasteiger charge is -2.07. The van der Waals surface area contributed by atoms with Gasteiger partial charge in [0.1, 0.15) is 11.5 Å². The van der Waals surface area contributed by atoms with Gasteiger partial charge in [0.15, 0.2) is 0 Å². The summed E-state index contributed by atoms with van der Waals surface area (Å²) < 4.78 is 0. The molecular formula is C16H13N3. The van der Waals surface area contributed by atoms with E-state index in [0.29, 0.717) is 5.82 Å². The first kappa shape index (κ1) is 11.4. The number of rotatable bonds is 2. The lowest BCUT2D eigenvalue weighted by Crippen LogP contribution is -1.98. The Balaban J connectivity index is 2.12. The van der Waals surface area contributed by atoms with Gasteiger partial charge in [0.05, 0.1) is 11.9 Å². The summed E-state index contributed by atoms with van der Waals surface area (Å²) in [5.74, 6) is 0.450. The van der Waals surface area contributed by atoms with E-state index < -0.39 is 0 Å². The molecule has 3 heteroatoms. The Morgan fingerprint density at radius 2 is 1.32 bits per heavy atom. The molecule has 0 bridgehead atoms. The maximum Gasteiger partial charge on any atom is 0.150 e. The summed E-state index contributed by atoms with van der Waals surface area (Å²) in [6, 6.07) is 19.8. The minimum absolute atomic E-state index is 0.450. The monoisotopic (exact) mass is 247 g/mol. The van der Waals surface area contributed by atoms with Crippen molar-refractivity contribution in [3.8, 4) is 22.5 Å². The van der Waals surface area contributed by atoms with Gasteiger partial charge < -0.3 is 5.73 Å². The summed E-state index contributed by atoms with van der Waals surface area (Å²) in [6.45, 7) is 0. The molecule has 3 rings (SSSR count).